The Labute approximate surface area is 145 Å². The quantitative estimate of drug-likeness (QED) is 0.695. The van der Waals surface area contributed by atoms with Gasteiger partial charge in [-0.05, 0) is 49.8 Å². The fraction of sp³-hybridized carbons (Fsp3) is 0.333. The van der Waals surface area contributed by atoms with Gasteiger partial charge in [0.2, 0.25) is 0 Å². The summed E-state index contributed by atoms with van der Waals surface area (Å²) in [6.07, 6.45) is 0.977. The highest BCUT2D eigenvalue weighted by Crippen LogP contribution is 2.30. The lowest BCUT2D eigenvalue weighted by Crippen LogP contribution is -2.26. The average Bonchev–Trinajstić information content (AvgIpc) is 3.16. The van der Waals surface area contributed by atoms with Gasteiger partial charge in [-0.1, -0.05) is 30.3 Å². The number of hydrogen-bond donors (Lipinski definition) is 1. The molecule has 0 saturated carbocycles. The Morgan fingerprint density at radius 2 is 1.87 bits per heavy atom. The van der Waals surface area contributed by atoms with Crippen molar-refractivity contribution < 1.29 is 0 Å². The van der Waals surface area contributed by atoms with Gasteiger partial charge >= 0.3 is 0 Å². The fourth-order valence-electron chi connectivity index (χ4n) is 2.68. The zero-order chi connectivity index (χ0) is 16.2. The summed E-state index contributed by atoms with van der Waals surface area (Å²) in [4.78, 5) is 1.40. The molecule has 2 atom stereocenters. The molecule has 120 valence electrons. The Morgan fingerprint density at radius 3 is 2.48 bits per heavy atom. The smallest absolute Gasteiger partial charge is 0.134 e. The van der Waals surface area contributed by atoms with E-state index >= 15 is 0 Å². The molecule has 0 saturated heterocycles. The highest BCUT2D eigenvalue weighted by Gasteiger charge is 2.20. The summed E-state index contributed by atoms with van der Waals surface area (Å²) in [5.74, 6) is 0. The third-order valence-electron chi connectivity index (χ3n) is 3.86. The molecule has 1 N–H and O–H groups in total. The molecule has 0 aliphatic heterocycles. The second-order valence-corrected chi connectivity index (χ2v) is 7.92. The van der Waals surface area contributed by atoms with Crippen LogP contribution in [-0.4, -0.2) is 10.2 Å². The van der Waals surface area contributed by atoms with Gasteiger partial charge in [0.15, 0.2) is 0 Å². The molecule has 3 nitrogen and oxygen atoms in total. The lowest BCUT2D eigenvalue weighted by molar-refractivity contribution is 0.465. The first-order chi connectivity index (χ1) is 11.1. The molecule has 0 aliphatic carbocycles. The van der Waals surface area contributed by atoms with Gasteiger partial charge in [-0.2, -0.15) is 0 Å². The molecule has 2 heterocycles. The molecule has 0 spiro atoms. The summed E-state index contributed by atoms with van der Waals surface area (Å²) < 4.78 is 0. The molecule has 0 radical (unpaired) electrons. The second kappa shape index (κ2) is 7.34. The summed E-state index contributed by atoms with van der Waals surface area (Å²) in [6, 6.07) is 13.3. The van der Waals surface area contributed by atoms with E-state index < -0.39 is 0 Å². The van der Waals surface area contributed by atoms with E-state index in [9.17, 15) is 0 Å². The van der Waals surface area contributed by atoms with Crippen LogP contribution in [0.5, 0.6) is 0 Å². The van der Waals surface area contributed by atoms with E-state index in [1.165, 1.54) is 16.0 Å². The summed E-state index contributed by atoms with van der Waals surface area (Å²) in [5.41, 5.74) is 2.70. The summed E-state index contributed by atoms with van der Waals surface area (Å²) in [7, 11) is 0. The van der Waals surface area contributed by atoms with Crippen LogP contribution >= 0.6 is 22.7 Å². The van der Waals surface area contributed by atoms with Crippen molar-refractivity contribution in [1.82, 2.24) is 15.5 Å². The van der Waals surface area contributed by atoms with Crippen molar-refractivity contribution in [2.24, 2.45) is 0 Å². The molecule has 0 fully saturated rings. The van der Waals surface area contributed by atoms with Gasteiger partial charge in [0.05, 0.1) is 6.04 Å². The van der Waals surface area contributed by atoms with Crippen molar-refractivity contribution in [1.29, 1.82) is 0 Å². The number of nitrogens with zero attached hydrogens (tertiary/aromatic N) is 2. The van der Waals surface area contributed by atoms with Crippen LogP contribution in [0.15, 0.2) is 41.8 Å². The molecule has 5 heteroatoms. The van der Waals surface area contributed by atoms with Crippen LogP contribution < -0.4 is 5.32 Å². The zero-order valence-corrected chi connectivity index (χ0v) is 15.2. The maximum atomic E-state index is 4.29. The monoisotopic (exact) mass is 343 g/mol. The number of nitrogens with one attached hydrogen (secondary N) is 1. The molecule has 1 aromatic carbocycles. The van der Waals surface area contributed by atoms with E-state index in [0.717, 1.165) is 16.4 Å². The molecular weight excluding hydrogens is 322 g/mol. The molecule has 3 rings (SSSR count). The number of rotatable bonds is 6. The number of benzene rings is 1. The van der Waals surface area contributed by atoms with E-state index in [-0.39, 0.29) is 12.1 Å². The van der Waals surface area contributed by atoms with Gasteiger partial charge < -0.3 is 5.32 Å². The molecule has 0 amide bonds. The van der Waals surface area contributed by atoms with Gasteiger partial charge in [0.25, 0.3) is 0 Å². The maximum Gasteiger partial charge on any atom is 0.134 e. The highest BCUT2D eigenvalue weighted by molar-refractivity contribution is 7.11. The Hall–Kier alpha value is -1.56. The summed E-state index contributed by atoms with van der Waals surface area (Å²) in [6.45, 7) is 6.35. The largest absolute Gasteiger partial charge is 0.300 e. The molecule has 23 heavy (non-hydrogen) atoms. The van der Waals surface area contributed by atoms with E-state index in [1.54, 1.807) is 11.3 Å². The van der Waals surface area contributed by atoms with Gasteiger partial charge in [-0.25, -0.2) is 0 Å². The van der Waals surface area contributed by atoms with Crippen molar-refractivity contribution in [3.8, 4) is 0 Å². The SMILES string of the molecule is Cc1nnc([C@@H](C)N[C@H](Cc2ccccc2)c2sccc2C)s1. The number of hydrogen-bond acceptors (Lipinski definition) is 5. The van der Waals surface area contributed by atoms with Crippen LogP contribution in [0.2, 0.25) is 0 Å². The molecule has 0 aliphatic rings. The first-order valence-electron chi connectivity index (χ1n) is 7.77. The molecule has 0 bridgehead atoms. The topological polar surface area (TPSA) is 37.8 Å². The Morgan fingerprint density at radius 1 is 1.09 bits per heavy atom. The van der Waals surface area contributed by atoms with Crippen LogP contribution in [0, 0.1) is 13.8 Å². The fourth-order valence-corrected chi connectivity index (χ4v) is 4.38. The lowest BCUT2D eigenvalue weighted by atomic mass is 10.0. The summed E-state index contributed by atoms with van der Waals surface area (Å²) >= 11 is 3.49. The van der Waals surface area contributed by atoms with Crippen LogP contribution in [-0.2, 0) is 6.42 Å². The normalized spacial score (nSPS) is 13.9. The average molecular weight is 344 g/mol. The molecule has 2 aromatic heterocycles. The summed E-state index contributed by atoms with van der Waals surface area (Å²) in [5, 5.41) is 16.4. The predicted molar refractivity (Wildman–Crippen MR) is 98.1 cm³/mol. The number of aromatic nitrogens is 2. The Bertz CT molecular complexity index is 748. The zero-order valence-electron chi connectivity index (χ0n) is 13.6. The van der Waals surface area contributed by atoms with E-state index in [4.69, 9.17) is 0 Å². The second-order valence-electron chi connectivity index (χ2n) is 5.76. The van der Waals surface area contributed by atoms with Crippen LogP contribution in [0.3, 0.4) is 0 Å². The predicted octanol–water partition coefficient (Wildman–Crippen LogP) is 4.85. The van der Waals surface area contributed by atoms with Gasteiger partial charge in [0.1, 0.15) is 10.0 Å². The van der Waals surface area contributed by atoms with Crippen molar-refractivity contribution in [3.05, 3.63) is 67.8 Å². The molecule has 3 aromatic rings. The van der Waals surface area contributed by atoms with Crippen LogP contribution in [0.4, 0.5) is 0 Å². The first-order valence-corrected chi connectivity index (χ1v) is 9.47. The van der Waals surface area contributed by atoms with Gasteiger partial charge in [-0.15, -0.1) is 32.9 Å². The van der Waals surface area contributed by atoms with Crippen molar-refractivity contribution in [2.75, 3.05) is 0 Å². The lowest BCUT2D eigenvalue weighted by Gasteiger charge is -2.22. The molecular formula is C18H21N3S2. The minimum atomic E-state index is 0.191. The third kappa shape index (κ3) is 4.05. The van der Waals surface area contributed by atoms with Crippen molar-refractivity contribution >= 4 is 22.7 Å². The minimum Gasteiger partial charge on any atom is -0.300 e. The van der Waals surface area contributed by atoms with E-state index in [0.29, 0.717) is 0 Å². The number of thiophene rings is 1. The van der Waals surface area contributed by atoms with Crippen molar-refractivity contribution in [2.45, 2.75) is 39.3 Å². The third-order valence-corrected chi connectivity index (χ3v) is 6.02. The van der Waals surface area contributed by atoms with Crippen LogP contribution in [0.25, 0.3) is 0 Å². The van der Waals surface area contributed by atoms with Crippen LogP contribution in [0.1, 0.15) is 45.0 Å². The van der Waals surface area contributed by atoms with Gasteiger partial charge in [0, 0.05) is 10.9 Å². The number of aryl methyl sites for hydroxylation is 2. The first kappa shape index (κ1) is 16.3. The standard InChI is InChI=1S/C18H21N3S2/c1-12-9-10-22-17(12)16(11-15-7-5-4-6-8-15)19-13(2)18-21-20-14(3)23-18/h4-10,13,16,19H,11H2,1-3H3/t13-,16-/m1/s1. The Kier molecular flexibility index (Phi) is 5.20. The van der Waals surface area contributed by atoms with E-state index in [2.05, 4.69) is 71.1 Å². The van der Waals surface area contributed by atoms with Gasteiger partial charge in [-0.3, -0.25) is 0 Å². The van der Waals surface area contributed by atoms with E-state index in [1.807, 2.05) is 18.3 Å². The highest BCUT2D eigenvalue weighted by atomic mass is 32.1. The maximum absolute atomic E-state index is 4.29. The molecule has 0 unspecified atom stereocenters. The van der Waals surface area contributed by atoms with Crippen molar-refractivity contribution in [3.63, 3.8) is 0 Å². The Balaban J connectivity index is 1.82. The minimum absolute atomic E-state index is 0.191.